The van der Waals surface area contributed by atoms with Crippen LogP contribution in [0, 0.1) is 11.6 Å². The lowest BCUT2D eigenvalue weighted by Gasteiger charge is -2.12. The molecule has 1 fully saturated rings. The second kappa shape index (κ2) is 7.55. The van der Waals surface area contributed by atoms with Gasteiger partial charge in [0.1, 0.15) is 0 Å². The zero-order chi connectivity index (χ0) is 14.4. The number of benzene rings is 1. The molecule has 0 saturated carbocycles. The first kappa shape index (κ1) is 15.2. The van der Waals surface area contributed by atoms with Crippen LogP contribution in [0.15, 0.2) is 12.1 Å². The summed E-state index contributed by atoms with van der Waals surface area (Å²) in [5.41, 5.74) is 0.577. The van der Waals surface area contributed by atoms with Gasteiger partial charge >= 0.3 is 0 Å². The van der Waals surface area contributed by atoms with Crippen LogP contribution in [0.3, 0.4) is 0 Å². The van der Waals surface area contributed by atoms with Crippen LogP contribution in [0.5, 0.6) is 5.75 Å². The fourth-order valence-electron chi connectivity index (χ4n) is 2.29. The Morgan fingerprint density at radius 2 is 2.10 bits per heavy atom. The van der Waals surface area contributed by atoms with Gasteiger partial charge in [-0.25, -0.2) is 8.78 Å². The molecule has 0 radical (unpaired) electrons. The predicted octanol–water partition coefficient (Wildman–Crippen LogP) is 3.02. The maximum atomic E-state index is 13.8. The topological polar surface area (TPSA) is 30.5 Å². The lowest BCUT2D eigenvalue weighted by Crippen LogP contribution is -2.14. The van der Waals surface area contributed by atoms with E-state index < -0.39 is 11.6 Å². The SMILES string of the molecule is CCNCc1cc(F)c(OCCC2CCCO2)c(F)c1. The highest BCUT2D eigenvalue weighted by Crippen LogP contribution is 2.24. The van der Waals surface area contributed by atoms with E-state index in [0.717, 1.165) is 26.0 Å². The Morgan fingerprint density at radius 3 is 2.70 bits per heavy atom. The summed E-state index contributed by atoms with van der Waals surface area (Å²) >= 11 is 0. The number of rotatable bonds is 7. The quantitative estimate of drug-likeness (QED) is 0.835. The first-order valence-corrected chi connectivity index (χ1v) is 7.13. The molecule has 1 saturated heterocycles. The van der Waals surface area contributed by atoms with Gasteiger partial charge in [0.15, 0.2) is 17.4 Å². The Labute approximate surface area is 118 Å². The summed E-state index contributed by atoms with van der Waals surface area (Å²) in [6.45, 7) is 4.18. The molecule has 1 aromatic rings. The zero-order valence-electron chi connectivity index (χ0n) is 11.8. The average Bonchev–Trinajstić information content (AvgIpc) is 2.92. The smallest absolute Gasteiger partial charge is 0.190 e. The van der Waals surface area contributed by atoms with Gasteiger partial charge in [-0.1, -0.05) is 6.92 Å². The number of nitrogens with one attached hydrogen (secondary N) is 1. The van der Waals surface area contributed by atoms with E-state index in [-0.39, 0.29) is 18.5 Å². The van der Waals surface area contributed by atoms with Crippen LogP contribution in [-0.2, 0) is 11.3 Å². The molecule has 1 atom stereocenters. The zero-order valence-corrected chi connectivity index (χ0v) is 11.8. The van der Waals surface area contributed by atoms with Crippen molar-refractivity contribution >= 4 is 0 Å². The molecule has 1 aliphatic heterocycles. The lowest BCUT2D eigenvalue weighted by atomic mass is 10.2. The van der Waals surface area contributed by atoms with Crippen LogP contribution < -0.4 is 10.1 Å². The van der Waals surface area contributed by atoms with Crippen LogP contribution in [0.4, 0.5) is 8.78 Å². The fourth-order valence-corrected chi connectivity index (χ4v) is 2.29. The monoisotopic (exact) mass is 285 g/mol. The Morgan fingerprint density at radius 1 is 1.35 bits per heavy atom. The third-order valence-electron chi connectivity index (χ3n) is 3.35. The van der Waals surface area contributed by atoms with Gasteiger partial charge in [-0.2, -0.15) is 0 Å². The molecule has 1 N–H and O–H groups in total. The standard InChI is InChI=1S/C15H21F2NO2/c1-2-18-10-11-8-13(16)15(14(17)9-11)20-7-5-12-4-3-6-19-12/h8-9,12,18H,2-7,10H2,1H3. The summed E-state index contributed by atoms with van der Waals surface area (Å²) in [4.78, 5) is 0. The van der Waals surface area contributed by atoms with Crippen LogP contribution in [0.1, 0.15) is 31.7 Å². The van der Waals surface area contributed by atoms with Gasteiger partial charge < -0.3 is 14.8 Å². The molecular weight excluding hydrogens is 264 g/mol. The molecule has 0 aliphatic carbocycles. The maximum Gasteiger partial charge on any atom is 0.190 e. The van der Waals surface area contributed by atoms with Gasteiger partial charge in [0.25, 0.3) is 0 Å². The summed E-state index contributed by atoms with van der Waals surface area (Å²) < 4.78 is 38.3. The van der Waals surface area contributed by atoms with Gasteiger partial charge in [-0.3, -0.25) is 0 Å². The number of halogens is 2. The van der Waals surface area contributed by atoms with Gasteiger partial charge in [0.2, 0.25) is 0 Å². The minimum Gasteiger partial charge on any atom is -0.488 e. The molecule has 0 amide bonds. The minimum atomic E-state index is -0.648. The summed E-state index contributed by atoms with van der Waals surface area (Å²) in [5, 5.41) is 3.03. The Kier molecular flexibility index (Phi) is 5.73. The van der Waals surface area contributed by atoms with E-state index in [1.165, 1.54) is 12.1 Å². The van der Waals surface area contributed by atoms with Crippen LogP contribution >= 0.6 is 0 Å². The molecule has 1 aromatic carbocycles. The second-order valence-electron chi connectivity index (χ2n) is 4.94. The van der Waals surface area contributed by atoms with E-state index in [1.54, 1.807) is 0 Å². The molecule has 1 aliphatic rings. The Balaban J connectivity index is 1.89. The molecule has 1 heterocycles. The maximum absolute atomic E-state index is 13.8. The first-order chi connectivity index (χ1) is 9.70. The molecule has 3 nitrogen and oxygen atoms in total. The third kappa shape index (κ3) is 4.15. The van der Waals surface area contributed by atoms with Gasteiger partial charge in [-0.05, 0) is 37.1 Å². The minimum absolute atomic E-state index is 0.161. The summed E-state index contributed by atoms with van der Waals surface area (Å²) in [6.07, 6.45) is 2.87. The molecule has 0 bridgehead atoms. The van der Waals surface area contributed by atoms with Crippen molar-refractivity contribution < 1.29 is 18.3 Å². The molecule has 112 valence electrons. The normalized spacial score (nSPS) is 18.4. The van der Waals surface area contributed by atoms with E-state index in [0.29, 0.717) is 18.5 Å². The molecule has 1 unspecified atom stereocenters. The Bertz CT molecular complexity index is 411. The first-order valence-electron chi connectivity index (χ1n) is 7.13. The van der Waals surface area contributed by atoms with Crippen LogP contribution in [-0.4, -0.2) is 25.9 Å². The van der Waals surface area contributed by atoms with E-state index in [1.807, 2.05) is 6.92 Å². The van der Waals surface area contributed by atoms with Gasteiger partial charge in [-0.15, -0.1) is 0 Å². The highest BCUT2D eigenvalue weighted by atomic mass is 19.1. The van der Waals surface area contributed by atoms with Gasteiger partial charge in [0, 0.05) is 19.6 Å². The predicted molar refractivity (Wildman–Crippen MR) is 72.8 cm³/mol. The largest absolute Gasteiger partial charge is 0.488 e. The van der Waals surface area contributed by atoms with Gasteiger partial charge in [0.05, 0.1) is 12.7 Å². The number of hydrogen-bond donors (Lipinski definition) is 1. The van der Waals surface area contributed by atoms with Crippen molar-refractivity contribution in [2.45, 2.75) is 38.8 Å². The molecule has 0 spiro atoms. The van der Waals surface area contributed by atoms with E-state index in [2.05, 4.69) is 5.32 Å². The van der Waals surface area contributed by atoms with Crippen molar-refractivity contribution in [1.29, 1.82) is 0 Å². The van der Waals surface area contributed by atoms with Crippen molar-refractivity contribution in [3.63, 3.8) is 0 Å². The fraction of sp³-hybridized carbons (Fsp3) is 0.600. The molecule has 5 heteroatoms. The molecule has 2 rings (SSSR count). The summed E-state index contributed by atoms with van der Waals surface area (Å²) in [7, 11) is 0. The summed E-state index contributed by atoms with van der Waals surface area (Å²) in [5.74, 6) is -1.58. The van der Waals surface area contributed by atoms with E-state index in [9.17, 15) is 8.78 Å². The van der Waals surface area contributed by atoms with E-state index >= 15 is 0 Å². The summed E-state index contributed by atoms with van der Waals surface area (Å²) in [6, 6.07) is 2.63. The molecule has 0 aromatic heterocycles. The highest BCUT2D eigenvalue weighted by molar-refractivity contribution is 5.31. The number of hydrogen-bond acceptors (Lipinski definition) is 3. The molecule has 20 heavy (non-hydrogen) atoms. The third-order valence-corrected chi connectivity index (χ3v) is 3.35. The number of ether oxygens (including phenoxy) is 2. The Hall–Kier alpha value is -1.20. The van der Waals surface area contributed by atoms with Crippen molar-refractivity contribution in [2.75, 3.05) is 19.8 Å². The molecular formula is C15H21F2NO2. The van der Waals surface area contributed by atoms with Crippen LogP contribution in [0.25, 0.3) is 0 Å². The van der Waals surface area contributed by atoms with E-state index in [4.69, 9.17) is 9.47 Å². The highest BCUT2D eigenvalue weighted by Gasteiger charge is 2.17. The van der Waals surface area contributed by atoms with Crippen molar-refractivity contribution in [2.24, 2.45) is 0 Å². The van der Waals surface area contributed by atoms with Crippen molar-refractivity contribution in [1.82, 2.24) is 5.32 Å². The second-order valence-corrected chi connectivity index (χ2v) is 4.94. The average molecular weight is 285 g/mol. The van der Waals surface area contributed by atoms with Crippen molar-refractivity contribution in [3.8, 4) is 5.75 Å². The van der Waals surface area contributed by atoms with Crippen molar-refractivity contribution in [3.05, 3.63) is 29.3 Å². The van der Waals surface area contributed by atoms with Crippen LogP contribution in [0.2, 0.25) is 0 Å². The lowest BCUT2D eigenvalue weighted by molar-refractivity contribution is 0.0890.